The number of nitro groups is 1. The topological polar surface area (TPSA) is 105 Å². The van der Waals surface area contributed by atoms with Gasteiger partial charge in [0.05, 0.1) is 28.5 Å². The van der Waals surface area contributed by atoms with Crippen molar-refractivity contribution in [2.24, 2.45) is 23.2 Å². The average molecular weight is 529 g/mol. The lowest BCUT2D eigenvalue weighted by Crippen LogP contribution is -2.57. The molecule has 1 N–H and O–H groups in total. The molecule has 6 fully saturated rings. The molecule has 4 aliphatic carbocycles. The fourth-order valence-electron chi connectivity index (χ4n) is 7.18. The minimum absolute atomic E-state index is 0.0520. The van der Waals surface area contributed by atoms with E-state index in [9.17, 15) is 19.7 Å². The molecule has 190 valence electrons. The number of thioether (sulfide) groups is 1. The minimum Gasteiger partial charge on any atom is -0.378 e. The zero-order valence-corrected chi connectivity index (χ0v) is 21.4. The Morgan fingerprint density at radius 2 is 1.81 bits per heavy atom. The van der Waals surface area contributed by atoms with Gasteiger partial charge in [0.15, 0.2) is 4.32 Å². The van der Waals surface area contributed by atoms with Gasteiger partial charge < -0.3 is 9.64 Å². The van der Waals surface area contributed by atoms with Crippen molar-refractivity contribution in [2.75, 3.05) is 31.2 Å². The van der Waals surface area contributed by atoms with Crippen LogP contribution in [0.5, 0.6) is 0 Å². The first-order valence-corrected chi connectivity index (χ1v) is 13.7. The number of ether oxygens (including phenoxy) is 1. The average Bonchev–Trinajstić information content (AvgIpc) is 3.11. The molecule has 11 heteroatoms. The van der Waals surface area contributed by atoms with Crippen LogP contribution in [-0.4, -0.2) is 52.4 Å². The van der Waals surface area contributed by atoms with Crippen LogP contribution in [-0.2, 0) is 14.3 Å². The fraction of sp³-hybridized carbons (Fsp3) is 0.560. The molecule has 2 amide bonds. The van der Waals surface area contributed by atoms with Crippen molar-refractivity contribution in [1.82, 2.24) is 10.4 Å². The Hall–Kier alpha value is -2.50. The summed E-state index contributed by atoms with van der Waals surface area (Å²) >= 11 is 6.58. The van der Waals surface area contributed by atoms with Crippen LogP contribution in [0.2, 0.25) is 0 Å². The third-order valence-corrected chi connectivity index (χ3v) is 9.69. The van der Waals surface area contributed by atoms with Crippen LogP contribution in [0.4, 0.5) is 11.4 Å². The van der Waals surface area contributed by atoms with E-state index in [2.05, 4.69) is 10.3 Å². The molecule has 0 atom stereocenters. The van der Waals surface area contributed by atoms with Crippen molar-refractivity contribution in [3.8, 4) is 0 Å². The van der Waals surface area contributed by atoms with Crippen molar-refractivity contribution in [1.29, 1.82) is 0 Å². The third kappa shape index (κ3) is 4.20. The molecule has 1 aromatic rings. The monoisotopic (exact) mass is 528 g/mol. The van der Waals surface area contributed by atoms with E-state index in [4.69, 9.17) is 17.0 Å². The highest BCUT2D eigenvalue weighted by atomic mass is 32.2. The Bertz CT molecular complexity index is 1140. The van der Waals surface area contributed by atoms with Crippen LogP contribution in [0.15, 0.2) is 23.1 Å². The van der Waals surface area contributed by atoms with Gasteiger partial charge in [-0.3, -0.25) is 25.1 Å². The summed E-state index contributed by atoms with van der Waals surface area (Å²) in [6, 6.07) is 4.66. The number of benzene rings is 1. The highest BCUT2D eigenvalue weighted by molar-refractivity contribution is 8.26. The second-order valence-corrected chi connectivity index (χ2v) is 12.4. The molecule has 4 saturated carbocycles. The van der Waals surface area contributed by atoms with Crippen molar-refractivity contribution < 1.29 is 19.2 Å². The van der Waals surface area contributed by atoms with Gasteiger partial charge in [-0.25, -0.2) is 0 Å². The van der Waals surface area contributed by atoms with Gasteiger partial charge in [0.1, 0.15) is 0 Å². The number of nitrogens with zero attached hydrogens (tertiary/aromatic N) is 3. The third-order valence-electron chi connectivity index (χ3n) is 8.39. The maximum absolute atomic E-state index is 13.5. The van der Waals surface area contributed by atoms with Crippen LogP contribution in [0.25, 0.3) is 6.08 Å². The number of amides is 2. The minimum atomic E-state index is -0.447. The van der Waals surface area contributed by atoms with Crippen LogP contribution in [0.1, 0.15) is 44.1 Å². The molecule has 4 bridgehead atoms. The number of anilines is 1. The predicted molar refractivity (Wildman–Crippen MR) is 140 cm³/mol. The van der Waals surface area contributed by atoms with Crippen LogP contribution >= 0.6 is 24.0 Å². The number of rotatable bonds is 5. The molecule has 7 rings (SSSR count). The van der Waals surface area contributed by atoms with Crippen LogP contribution in [0.3, 0.4) is 0 Å². The summed E-state index contributed by atoms with van der Waals surface area (Å²) < 4.78 is 5.70. The first kappa shape index (κ1) is 23.9. The lowest BCUT2D eigenvalue weighted by atomic mass is 9.49. The van der Waals surface area contributed by atoms with Gasteiger partial charge >= 0.3 is 0 Å². The van der Waals surface area contributed by atoms with Crippen molar-refractivity contribution in [3.63, 3.8) is 0 Å². The lowest BCUT2D eigenvalue weighted by Gasteiger charge is -2.55. The summed E-state index contributed by atoms with van der Waals surface area (Å²) in [7, 11) is 0. The summed E-state index contributed by atoms with van der Waals surface area (Å²) in [5.74, 6) is 1.34. The van der Waals surface area contributed by atoms with Gasteiger partial charge in [-0.1, -0.05) is 11.8 Å². The Kier molecular flexibility index (Phi) is 6.04. The maximum Gasteiger partial charge on any atom is 0.285 e. The van der Waals surface area contributed by atoms with E-state index in [0.29, 0.717) is 54.5 Å². The number of hydrogen-bond acceptors (Lipinski definition) is 8. The molecule has 6 aliphatic rings. The molecular weight excluding hydrogens is 500 g/mol. The molecule has 2 heterocycles. The number of hydrogen-bond donors (Lipinski definition) is 1. The summed E-state index contributed by atoms with van der Waals surface area (Å²) in [6.45, 7) is 2.44. The number of nitrogens with one attached hydrogen (secondary N) is 1. The number of thiocarbonyl (C=S) groups is 1. The van der Waals surface area contributed by atoms with Gasteiger partial charge in [-0.2, -0.15) is 5.01 Å². The largest absolute Gasteiger partial charge is 0.378 e. The zero-order chi connectivity index (χ0) is 25.0. The Morgan fingerprint density at radius 3 is 2.42 bits per heavy atom. The standard InChI is InChI=1S/C25H28N4O5S2/c30-22-21(11-18-10-19(29(32)33)1-2-20(18)27-3-5-34-6-4-27)36-24(35)28(22)26-23(31)25-12-15-7-16(13-25)9-17(8-15)14-25/h1-2,10-11,15-17H,3-9,12-14H2,(H,26,31)/b21-11-. The second kappa shape index (κ2) is 9.11. The summed E-state index contributed by atoms with van der Waals surface area (Å²) in [5.41, 5.74) is 3.78. The quantitative estimate of drug-likeness (QED) is 0.266. The molecule has 0 unspecified atom stereocenters. The molecule has 1 aromatic carbocycles. The molecule has 9 nitrogen and oxygen atoms in total. The SMILES string of the molecule is O=C1/C(=C/c2cc([N+](=O)[O-])ccc2N2CCOCC2)SC(=S)N1NC(=O)C12CC3CC(CC(C3)C1)C2. The highest BCUT2D eigenvalue weighted by Crippen LogP contribution is 2.60. The number of carbonyl (C=O) groups is 2. The smallest absolute Gasteiger partial charge is 0.285 e. The van der Waals surface area contributed by atoms with Crippen molar-refractivity contribution in [3.05, 3.63) is 38.8 Å². The first-order chi connectivity index (χ1) is 17.3. The molecule has 0 aromatic heterocycles. The normalized spacial score (nSPS) is 32.4. The second-order valence-electron chi connectivity index (χ2n) is 10.8. The van der Waals surface area contributed by atoms with Gasteiger partial charge in [0.2, 0.25) is 5.91 Å². The summed E-state index contributed by atoms with van der Waals surface area (Å²) in [5, 5.41) is 12.6. The van der Waals surface area contributed by atoms with Crippen molar-refractivity contribution in [2.45, 2.75) is 38.5 Å². The fourth-order valence-corrected chi connectivity index (χ4v) is 8.35. The van der Waals surface area contributed by atoms with E-state index in [-0.39, 0.29) is 15.9 Å². The van der Waals surface area contributed by atoms with Gasteiger partial charge in [-0.05, 0) is 80.6 Å². The lowest BCUT2D eigenvalue weighted by molar-refractivity contribution is -0.384. The molecular formula is C25H28N4O5S2. The number of nitro benzene ring substituents is 1. The van der Waals surface area contributed by atoms with E-state index in [1.165, 1.54) is 36.4 Å². The zero-order valence-electron chi connectivity index (χ0n) is 19.8. The number of carbonyl (C=O) groups excluding carboxylic acids is 2. The Morgan fingerprint density at radius 1 is 1.17 bits per heavy atom. The van der Waals surface area contributed by atoms with Gasteiger partial charge in [0.25, 0.3) is 11.6 Å². The maximum atomic E-state index is 13.5. The first-order valence-electron chi connectivity index (χ1n) is 12.5. The highest BCUT2D eigenvalue weighted by Gasteiger charge is 2.55. The van der Waals surface area contributed by atoms with E-state index in [1.54, 1.807) is 12.1 Å². The number of morpholine rings is 1. The molecule has 0 spiro atoms. The summed E-state index contributed by atoms with van der Waals surface area (Å²) in [4.78, 5) is 40.3. The number of hydrazine groups is 1. The Labute approximate surface area is 218 Å². The summed E-state index contributed by atoms with van der Waals surface area (Å²) in [6.07, 6.45) is 8.01. The van der Waals surface area contributed by atoms with E-state index < -0.39 is 16.2 Å². The van der Waals surface area contributed by atoms with Crippen molar-refractivity contribution >= 4 is 57.6 Å². The number of non-ortho nitro benzene ring substituents is 1. The van der Waals surface area contributed by atoms with E-state index in [0.717, 1.165) is 36.7 Å². The predicted octanol–water partition coefficient (Wildman–Crippen LogP) is 3.88. The molecule has 36 heavy (non-hydrogen) atoms. The van der Waals surface area contributed by atoms with Crippen LogP contribution < -0.4 is 10.3 Å². The molecule has 2 aliphatic heterocycles. The molecule has 0 radical (unpaired) electrons. The molecule has 2 saturated heterocycles. The van der Waals surface area contributed by atoms with E-state index in [1.807, 2.05) is 0 Å². The van der Waals surface area contributed by atoms with Gasteiger partial charge in [-0.15, -0.1) is 0 Å². The van der Waals surface area contributed by atoms with Gasteiger partial charge in [0, 0.05) is 36.5 Å². The van der Waals surface area contributed by atoms with E-state index >= 15 is 0 Å². The Balaban J connectivity index is 1.25. The van der Waals surface area contributed by atoms with Crippen LogP contribution in [0, 0.1) is 33.3 Å².